The predicted octanol–water partition coefficient (Wildman–Crippen LogP) is 4.76. The molecule has 160 valence electrons. The van der Waals surface area contributed by atoms with Crippen molar-refractivity contribution in [3.05, 3.63) is 108 Å². The van der Waals surface area contributed by atoms with Gasteiger partial charge in [-0.25, -0.2) is 12.8 Å². The number of benzene rings is 3. The van der Waals surface area contributed by atoms with E-state index in [0.717, 1.165) is 11.1 Å². The van der Waals surface area contributed by atoms with Crippen LogP contribution in [0.2, 0.25) is 0 Å². The van der Waals surface area contributed by atoms with Gasteiger partial charge in [-0.3, -0.25) is 4.79 Å². The Morgan fingerprint density at radius 3 is 2.35 bits per heavy atom. The molecule has 0 heterocycles. The van der Waals surface area contributed by atoms with Crippen LogP contribution in [0.15, 0.2) is 90.3 Å². The number of nitrogens with zero attached hydrogens (tertiary/aromatic N) is 1. The highest BCUT2D eigenvalue weighted by Crippen LogP contribution is 2.20. The summed E-state index contributed by atoms with van der Waals surface area (Å²) in [7, 11) is -3.70. The van der Waals surface area contributed by atoms with Crippen LogP contribution < -0.4 is 5.32 Å². The highest BCUT2D eigenvalue weighted by Gasteiger charge is 2.23. The molecule has 0 atom stereocenters. The Kier molecular flexibility index (Phi) is 6.99. The molecule has 3 aromatic carbocycles. The zero-order valence-corrected chi connectivity index (χ0v) is 17.9. The van der Waals surface area contributed by atoms with Crippen LogP contribution in [0, 0.1) is 12.7 Å². The van der Waals surface area contributed by atoms with Gasteiger partial charge in [-0.05, 0) is 55.0 Å². The molecule has 0 unspecified atom stereocenters. The fraction of sp³-hybridized carbons (Fsp3) is 0.125. The van der Waals surface area contributed by atoms with Gasteiger partial charge in [0.15, 0.2) is 0 Å². The number of carbonyl (C=O) groups excluding carboxylic acids is 1. The van der Waals surface area contributed by atoms with Gasteiger partial charge >= 0.3 is 0 Å². The molecule has 0 aliphatic carbocycles. The second kappa shape index (κ2) is 9.68. The highest BCUT2D eigenvalue weighted by atomic mass is 32.2. The summed E-state index contributed by atoms with van der Waals surface area (Å²) < 4.78 is 40.7. The Morgan fingerprint density at radius 2 is 1.74 bits per heavy atom. The molecule has 0 radical (unpaired) electrons. The molecule has 7 heteroatoms. The molecule has 1 N–H and O–H groups in total. The van der Waals surface area contributed by atoms with E-state index < -0.39 is 15.8 Å². The summed E-state index contributed by atoms with van der Waals surface area (Å²) in [4.78, 5) is 12.6. The fourth-order valence-corrected chi connectivity index (χ4v) is 4.38. The molecule has 31 heavy (non-hydrogen) atoms. The largest absolute Gasteiger partial charge is 0.322 e. The van der Waals surface area contributed by atoms with Gasteiger partial charge in [-0.1, -0.05) is 42.0 Å². The lowest BCUT2D eigenvalue weighted by atomic mass is 10.1. The van der Waals surface area contributed by atoms with E-state index in [0.29, 0.717) is 11.3 Å². The van der Waals surface area contributed by atoms with Crippen LogP contribution in [0.1, 0.15) is 21.5 Å². The summed E-state index contributed by atoms with van der Waals surface area (Å²) in [5.41, 5.74) is 2.43. The first-order valence-electron chi connectivity index (χ1n) is 9.63. The van der Waals surface area contributed by atoms with Crippen molar-refractivity contribution >= 4 is 21.6 Å². The summed E-state index contributed by atoms with van der Waals surface area (Å²) in [6.45, 7) is 5.84. The number of anilines is 1. The van der Waals surface area contributed by atoms with Crippen LogP contribution in [0.4, 0.5) is 10.1 Å². The van der Waals surface area contributed by atoms with Gasteiger partial charge in [0.05, 0.1) is 4.90 Å². The number of nitrogens with one attached hydrogen (secondary N) is 1. The predicted molar refractivity (Wildman–Crippen MR) is 120 cm³/mol. The average molecular weight is 439 g/mol. The third-order valence-corrected chi connectivity index (χ3v) is 6.47. The number of rotatable bonds is 8. The van der Waals surface area contributed by atoms with Gasteiger partial charge < -0.3 is 5.32 Å². The first-order chi connectivity index (χ1) is 14.8. The molecule has 3 rings (SSSR count). The molecule has 5 nitrogen and oxygen atoms in total. The second-order valence-electron chi connectivity index (χ2n) is 7.06. The molecule has 0 bridgehead atoms. The maximum Gasteiger partial charge on any atom is 0.255 e. The van der Waals surface area contributed by atoms with Crippen LogP contribution in [0.25, 0.3) is 0 Å². The standard InChI is InChI=1S/C24H23FN2O3S/c1-3-15-27(31(29,30)23-13-7-18(2)8-14-23)17-19-9-11-20(12-10-19)24(28)26-22-6-4-5-21(25)16-22/h3-14,16H,1,15,17H2,2H3,(H,26,28). The lowest BCUT2D eigenvalue weighted by Gasteiger charge is -2.21. The minimum atomic E-state index is -3.70. The van der Waals surface area contributed by atoms with Crippen molar-refractivity contribution in [3.63, 3.8) is 0 Å². The van der Waals surface area contributed by atoms with E-state index in [1.807, 2.05) is 6.92 Å². The Balaban J connectivity index is 1.75. The average Bonchev–Trinajstić information content (AvgIpc) is 2.74. The maximum absolute atomic E-state index is 13.3. The third-order valence-electron chi connectivity index (χ3n) is 4.65. The number of sulfonamides is 1. The molecular weight excluding hydrogens is 415 g/mol. The van der Waals surface area contributed by atoms with Gasteiger partial charge in [0.1, 0.15) is 5.82 Å². The molecule has 0 aliphatic rings. The number of halogens is 1. The third kappa shape index (κ3) is 5.65. The number of amides is 1. The van der Waals surface area contributed by atoms with Crippen LogP contribution >= 0.6 is 0 Å². The Morgan fingerprint density at radius 1 is 1.06 bits per heavy atom. The van der Waals surface area contributed by atoms with Gasteiger partial charge in [0.25, 0.3) is 5.91 Å². The van der Waals surface area contributed by atoms with Crippen molar-refractivity contribution in [2.24, 2.45) is 0 Å². The zero-order valence-electron chi connectivity index (χ0n) is 17.1. The SMILES string of the molecule is C=CCN(Cc1ccc(C(=O)Nc2cccc(F)c2)cc1)S(=O)(=O)c1ccc(C)cc1. The van der Waals surface area contributed by atoms with Crippen LogP contribution in [0.5, 0.6) is 0 Å². The lowest BCUT2D eigenvalue weighted by molar-refractivity contribution is 0.102. The molecule has 3 aromatic rings. The fourth-order valence-electron chi connectivity index (χ4n) is 2.99. The molecule has 0 spiro atoms. The topological polar surface area (TPSA) is 66.5 Å². The van der Waals surface area contributed by atoms with Crippen molar-refractivity contribution in [2.75, 3.05) is 11.9 Å². The van der Waals surface area contributed by atoms with Crippen molar-refractivity contribution in [3.8, 4) is 0 Å². The van der Waals surface area contributed by atoms with Gasteiger partial charge in [0, 0.05) is 24.3 Å². The van der Waals surface area contributed by atoms with Crippen molar-refractivity contribution < 1.29 is 17.6 Å². The first kappa shape index (κ1) is 22.4. The quantitative estimate of drug-likeness (QED) is 0.516. The molecule has 0 saturated heterocycles. The Bertz CT molecular complexity index is 1170. The summed E-state index contributed by atoms with van der Waals surface area (Å²) in [5, 5.41) is 2.63. The molecule has 0 aliphatic heterocycles. The van der Waals surface area contributed by atoms with E-state index in [-0.39, 0.29) is 23.9 Å². The summed E-state index contributed by atoms with van der Waals surface area (Å²) in [6, 6.07) is 18.9. The minimum absolute atomic E-state index is 0.133. The summed E-state index contributed by atoms with van der Waals surface area (Å²) >= 11 is 0. The van der Waals surface area contributed by atoms with E-state index in [9.17, 15) is 17.6 Å². The number of hydrogen-bond acceptors (Lipinski definition) is 3. The van der Waals surface area contributed by atoms with E-state index in [1.54, 1.807) is 54.6 Å². The van der Waals surface area contributed by atoms with E-state index >= 15 is 0 Å². The van der Waals surface area contributed by atoms with Gasteiger partial charge in [0.2, 0.25) is 10.0 Å². The second-order valence-corrected chi connectivity index (χ2v) is 9.00. The van der Waals surface area contributed by atoms with Crippen LogP contribution in [-0.2, 0) is 16.6 Å². The number of hydrogen-bond donors (Lipinski definition) is 1. The minimum Gasteiger partial charge on any atom is -0.322 e. The van der Waals surface area contributed by atoms with Crippen molar-refractivity contribution in [1.82, 2.24) is 4.31 Å². The molecular formula is C24H23FN2O3S. The lowest BCUT2D eigenvalue weighted by Crippen LogP contribution is -2.30. The first-order valence-corrected chi connectivity index (χ1v) is 11.1. The van der Waals surface area contributed by atoms with Crippen LogP contribution in [0.3, 0.4) is 0 Å². The number of aryl methyl sites for hydroxylation is 1. The van der Waals surface area contributed by atoms with Crippen molar-refractivity contribution in [2.45, 2.75) is 18.4 Å². The molecule has 0 saturated carbocycles. The molecule has 0 aromatic heterocycles. The number of carbonyl (C=O) groups is 1. The van der Waals surface area contributed by atoms with Gasteiger partial charge in [-0.15, -0.1) is 6.58 Å². The monoisotopic (exact) mass is 438 g/mol. The van der Waals surface area contributed by atoms with Crippen LogP contribution in [-0.4, -0.2) is 25.2 Å². The zero-order chi connectivity index (χ0) is 22.4. The van der Waals surface area contributed by atoms with E-state index in [1.165, 1.54) is 28.6 Å². The maximum atomic E-state index is 13.3. The highest BCUT2D eigenvalue weighted by molar-refractivity contribution is 7.89. The molecule has 0 fully saturated rings. The smallest absolute Gasteiger partial charge is 0.255 e. The summed E-state index contributed by atoms with van der Waals surface area (Å²) in [6.07, 6.45) is 1.53. The Labute approximate surface area is 181 Å². The normalized spacial score (nSPS) is 11.3. The Hall–Kier alpha value is -3.29. The molecule has 1 amide bonds. The van der Waals surface area contributed by atoms with E-state index in [4.69, 9.17) is 0 Å². The van der Waals surface area contributed by atoms with Gasteiger partial charge in [-0.2, -0.15) is 4.31 Å². The van der Waals surface area contributed by atoms with E-state index in [2.05, 4.69) is 11.9 Å². The van der Waals surface area contributed by atoms with Crippen molar-refractivity contribution in [1.29, 1.82) is 0 Å². The summed E-state index contributed by atoms with van der Waals surface area (Å²) in [5.74, 6) is -0.822.